The van der Waals surface area contributed by atoms with E-state index >= 15 is 0 Å². The number of rotatable bonds is 3. The number of hydrazine groups is 1. The minimum Gasteiger partial charge on any atom is -0.361 e. The highest BCUT2D eigenvalue weighted by Crippen LogP contribution is 2.25. The van der Waals surface area contributed by atoms with Crippen molar-refractivity contribution in [2.45, 2.75) is 39.3 Å². The summed E-state index contributed by atoms with van der Waals surface area (Å²) in [5.74, 6) is 0.0579. The molecule has 5 nitrogen and oxygen atoms in total. The maximum atomic E-state index is 12.6. The Labute approximate surface area is 137 Å². The molecule has 3 rings (SSSR count). The standard InChI is InChI=1S/C18H26N4O/c1-18(2,3)16-10-14(20-21-16)11-22(4)17(23)13-6-5-12-7-8-19-15(12)9-13/h5-9,14,16,19-21H,10-11H2,1-4H3. The van der Waals surface area contributed by atoms with Crippen molar-refractivity contribution in [2.75, 3.05) is 13.6 Å². The fourth-order valence-corrected chi connectivity index (χ4v) is 3.13. The molecule has 1 aliphatic heterocycles. The summed E-state index contributed by atoms with van der Waals surface area (Å²) in [6.45, 7) is 7.39. The third-order valence-electron chi connectivity index (χ3n) is 4.67. The van der Waals surface area contributed by atoms with Gasteiger partial charge in [-0.25, -0.2) is 0 Å². The number of hydrogen-bond donors (Lipinski definition) is 3. The van der Waals surface area contributed by atoms with Crippen LogP contribution in [0.15, 0.2) is 30.5 Å². The number of nitrogens with zero attached hydrogens (tertiary/aromatic N) is 1. The first-order chi connectivity index (χ1) is 10.8. The molecule has 124 valence electrons. The van der Waals surface area contributed by atoms with Crippen LogP contribution < -0.4 is 10.9 Å². The number of benzene rings is 1. The molecule has 1 amide bonds. The fourth-order valence-electron chi connectivity index (χ4n) is 3.13. The number of nitrogens with one attached hydrogen (secondary N) is 3. The lowest BCUT2D eigenvalue weighted by molar-refractivity contribution is 0.0783. The van der Waals surface area contributed by atoms with E-state index < -0.39 is 0 Å². The van der Waals surface area contributed by atoms with Crippen molar-refractivity contribution in [1.82, 2.24) is 20.7 Å². The molecule has 2 atom stereocenters. The predicted octanol–water partition coefficient (Wildman–Crippen LogP) is 2.52. The summed E-state index contributed by atoms with van der Waals surface area (Å²) in [5, 5.41) is 1.12. The first-order valence-electron chi connectivity index (χ1n) is 8.18. The molecule has 5 heteroatoms. The summed E-state index contributed by atoms with van der Waals surface area (Å²) < 4.78 is 0. The monoisotopic (exact) mass is 314 g/mol. The molecule has 2 unspecified atom stereocenters. The number of carbonyl (C=O) groups excluding carboxylic acids is 1. The molecule has 2 heterocycles. The minimum absolute atomic E-state index is 0.0579. The highest BCUT2D eigenvalue weighted by atomic mass is 16.2. The number of amides is 1. The Hall–Kier alpha value is -1.85. The van der Waals surface area contributed by atoms with Crippen LogP contribution in [0.25, 0.3) is 10.9 Å². The van der Waals surface area contributed by atoms with E-state index in [-0.39, 0.29) is 17.4 Å². The molecule has 2 aromatic rings. The highest BCUT2D eigenvalue weighted by Gasteiger charge is 2.33. The zero-order valence-electron chi connectivity index (χ0n) is 14.3. The van der Waals surface area contributed by atoms with Crippen LogP contribution in [-0.4, -0.2) is 41.5 Å². The average molecular weight is 314 g/mol. The van der Waals surface area contributed by atoms with E-state index in [4.69, 9.17) is 0 Å². The lowest BCUT2D eigenvalue weighted by Crippen LogP contribution is -2.42. The lowest BCUT2D eigenvalue weighted by Gasteiger charge is -2.26. The summed E-state index contributed by atoms with van der Waals surface area (Å²) >= 11 is 0. The highest BCUT2D eigenvalue weighted by molar-refractivity contribution is 5.97. The SMILES string of the molecule is CN(CC1CC(C(C)(C)C)NN1)C(=O)c1ccc2cc[nH]c2c1. The molecule has 1 aromatic heterocycles. The van der Waals surface area contributed by atoms with Crippen LogP contribution in [0.2, 0.25) is 0 Å². The lowest BCUT2D eigenvalue weighted by atomic mass is 9.84. The maximum absolute atomic E-state index is 12.6. The third-order valence-corrected chi connectivity index (χ3v) is 4.67. The Morgan fingerprint density at radius 2 is 2.04 bits per heavy atom. The summed E-state index contributed by atoms with van der Waals surface area (Å²) in [5.41, 5.74) is 8.62. The molecular weight excluding hydrogens is 288 g/mol. The normalized spacial score (nSPS) is 21.7. The molecule has 1 fully saturated rings. The zero-order chi connectivity index (χ0) is 16.6. The van der Waals surface area contributed by atoms with Gasteiger partial charge in [-0.3, -0.25) is 15.6 Å². The summed E-state index contributed by atoms with van der Waals surface area (Å²) in [6.07, 6.45) is 2.92. The second kappa shape index (κ2) is 5.98. The van der Waals surface area contributed by atoms with Gasteiger partial charge in [-0.1, -0.05) is 26.8 Å². The molecular formula is C18H26N4O. The number of aromatic amines is 1. The van der Waals surface area contributed by atoms with Gasteiger partial charge in [-0.05, 0) is 35.4 Å². The molecule has 1 aliphatic rings. The second-order valence-corrected chi connectivity index (χ2v) is 7.61. The van der Waals surface area contributed by atoms with Crippen molar-refractivity contribution in [3.8, 4) is 0 Å². The zero-order valence-corrected chi connectivity index (χ0v) is 14.3. The second-order valence-electron chi connectivity index (χ2n) is 7.61. The Bertz CT molecular complexity index is 700. The van der Waals surface area contributed by atoms with E-state index in [9.17, 15) is 4.79 Å². The summed E-state index contributed by atoms with van der Waals surface area (Å²) in [7, 11) is 1.87. The summed E-state index contributed by atoms with van der Waals surface area (Å²) in [6, 6.07) is 8.51. The molecule has 0 bridgehead atoms. The van der Waals surface area contributed by atoms with Gasteiger partial charge in [0.1, 0.15) is 0 Å². The van der Waals surface area contributed by atoms with Gasteiger partial charge in [0.05, 0.1) is 0 Å². The molecule has 0 saturated carbocycles. The molecule has 0 aliphatic carbocycles. The van der Waals surface area contributed by atoms with Gasteiger partial charge in [0, 0.05) is 43.0 Å². The molecule has 0 spiro atoms. The van der Waals surface area contributed by atoms with Crippen LogP contribution >= 0.6 is 0 Å². The average Bonchev–Trinajstić information content (AvgIpc) is 3.13. The Kier molecular flexibility index (Phi) is 4.17. The van der Waals surface area contributed by atoms with E-state index in [0.29, 0.717) is 12.6 Å². The number of fused-ring (bicyclic) bond motifs is 1. The topological polar surface area (TPSA) is 60.2 Å². The van der Waals surface area contributed by atoms with Crippen LogP contribution in [-0.2, 0) is 0 Å². The van der Waals surface area contributed by atoms with Crippen LogP contribution in [0, 0.1) is 5.41 Å². The van der Waals surface area contributed by atoms with Crippen molar-refractivity contribution in [1.29, 1.82) is 0 Å². The van der Waals surface area contributed by atoms with Gasteiger partial charge in [-0.15, -0.1) is 0 Å². The van der Waals surface area contributed by atoms with Crippen molar-refractivity contribution < 1.29 is 4.79 Å². The quantitative estimate of drug-likeness (QED) is 0.816. The first kappa shape index (κ1) is 16.0. The van der Waals surface area contributed by atoms with E-state index in [0.717, 1.165) is 22.9 Å². The number of likely N-dealkylation sites (N-methyl/N-ethyl adjacent to an activating group) is 1. The number of H-pyrrole nitrogens is 1. The molecule has 1 aromatic carbocycles. The van der Waals surface area contributed by atoms with Gasteiger partial charge in [0.2, 0.25) is 0 Å². The molecule has 3 N–H and O–H groups in total. The molecule has 0 radical (unpaired) electrons. The van der Waals surface area contributed by atoms with E-state index in [1.165, 1.54) is 0 Å². The smallest absolute Gasteiger partial charge is 0.253 e. The van der Waals surface area contributed by atoms with Crippen molar-refractivity contribution >= 4 is 16.8 Å². The van der Waals surface area contributed by atoms with Gasteiger partial charge < -0.3 is 9.88 Å². The van der Waals surface area contributed by atoms with Gasteiger partial charge in [0.15, 0.2) is 0 Å². The fraction of sp³-hybridized carbons (Fsp3) is 0.500. The van der Waals surface area contributed by atoms with Gasteiger partial charge in [-0.2, -0.15) is 0 Å². The maximum Gasteiger partial charge on any atom is 0.253 e. The van der Waals surface area contributed by atoms with Crippen LogP contribution in [0.1, 0.15) is 37.6 Å². The number of aromatic nitrogens is 1. The van der Waals surface area contributed by atoms with Crippen LogP contribution in [0.3, 0.4) is 0 Å². The largest absolute Gasteiger partial charge is 0.361 e. The molecule has 1 saturated heterocycles. The van der Waals surface area contributed by atoms with Crippen molar-refractivity contribution in [3.63, 3.8) is 0 Å². The predicted molar refractivity (Wildman–Crippen MR) is 93.2 cm³/mol. The van der Waals surface area contributed by atoms with Crippen LogP contribution in [0.4, 0.5) is 0 Å². The molecule has 23 heavy (non-hydrogen) atoms. The van der Waals surface area contributed by atoms with Crippen molar-refractivity contribution in [2.24, 2.45) is 5.41 Å². The summed E-state index contributed by atoms with van der Waals surface area (Å²) in [4.78, 5) is 17.6. The Morgan fingerprint density at radius 1 is 1.26 bits per heavy atom. The first-order valence-corrected chi connectivity index (χ1v) is 8.18. The van der Waals surface area contributed by atoms with Crippen LogP contribution in [0.5, 0.6) is 0 Å². The van der Waals surface area contributed by atoms with E-state index in [2.05, 4.69) is 36.6 Å². The minimum atomic E-state index is 0.0579. The Balaban J connectivity index is 1.64. The van der Waals surface area contributed by atoms with E-state index in [1.54, 1.807) is 4.90 Å². The van der Waals surface area contributed by atoms with Crippen molar-refractivity contribution in [3.05, 3.63) is 36.0 Å². The number of hydrogen-bond acceptors (Lipinski definition) is 3. The van der Waals surface area contributed by atoms with Gasteiger partial charge >= 0.3 is 0 Å². The van der Waals surface area contributed by atoms with E-state index in [1.807, 2.05) is 37.5 Å². The number of carbonyl (C=O) groups is 1. The van der Waals surface area contributed by atoms with Gasteiger partial charge in [0.25, 0.3) is 5.91 Å². The Morgan fingerprint density at radius 3 is 2.74 bits per heavy atom. The third kappa shape index (κ3) is 3.41.